The van der Waals surface area contributed by atoms with Gasteiger partial charge in [0, 0.05) is 21.2 Å². The van der Waals surface area contributed by atoms with Crippen molar-refractivity contribution >= 4 is 26.7 Å². The molecule has 0 unspecified atom stereocenters. The minimum Gasteiger partial charge on any atom is -0.508 e. The molecular formula is C46H57BrO4. The second kappa shape index (κ2) is 14.6. The molecule has 5 heteroatoms. The normalized spacial score (nSPS) is 12.5. The van der Waals surface area contributed by atoms with Gasteiger partial charge in [0.25, 0.3) is 0 Å². The summed E-state index contributed by atoms with van der Waals surface area (Å²) in [6, 6.07) is 25.7. The van der Waals surface area contributed by atoms with Crippen molar-refractivity contribution in [3.05, 3.63) is 117 Å². The molecule has 0 atom stereocenters. The van der Waals surface area contributed by atoms with E-state index in [1.54, 1.807) is 6.07 Å². The summed E-state index contributed by atoms with van der Waals surface area (Å²) in [7, 11) is 0. The molecule has 4 nitrogen and oxygen atoms in total. The van der Waals surface area contributed by atoms with Gasteiger partial charge in [-0.25, -0.2) is 0 Å². The number of halogens is 1. The van der Waals surface area contributed by atoms with Crippen LogP contribution in [0.25, 0.3) is 21.9 Å². The lowest BCUT2D eigenvalue weighted by Crippen LogP contribution is -2.17. The van der Waals surface area contributed by atoms with Crippen molar-refractivity contribution < 1.29 is 20.4 Å². The maximum absolute atomic E-state index is 11.0. The SMILES string of the molecule is CC(C)(C)c1cc(-c2c(O)ccc3cc(Br)ccc23)cc(C(C)(C)C)c1O.CC(C)(C)c1ccc(CCc2ccc(C(C)(C)C)c(O)c2)cc1O. The number of phenolic OH excluding ortho intramolecular Hbond substituents is 4. The van der Waals surface area contributed by atoms with Crippen LogP contribution in [0.2, 0.25) is 0 Å². The van der Waals surface area contributed by atoms with Gasteiger partial charge in [0.05, 0.1) is 0 Å². The molecule has 0 heterocycles. The van der Waals surface area contributed by atoms with Crippen LogP contribution >= 0.6 is 15.9 Å². The van der Waals surface area contributed by atoms with Crippen LogP contribution in [-0.2, 0) is 34.5 Å². The highest BCUT2D eigenvalue weighted by molar-refractivity contribution is 9.10. The summed E-state index contributed by atoms with van der Waals surface area (Å²) in [4.78, 5) is 0. The van der Waals surface area contributed by atoms with E-state index >= 15 is 0 Å². The summed E-state index contributed by atoms with van der Waals surface area (Å²) in [6.45, 7) is 25.2. The van der Waals surface area contributed by atoms with E-state index in [0.29, 0.717) is 17.2 Å². The third kappa shape index (κ3) is 9.48. The van der Waals surface area contributed by atoms with E-state index < -0.39 is 0 Å². The number of fused-ring (bicyclic) bond motifs is 1. The average Bonchev–Trinajstić information content (AvgIpc) is 2.98. The van der Waals surface area contributed by atoms with Gasteiger partial charge in [-0.05, 0) is 116 Å². The topological polar surface area (TPSA) is 80.9 Å². The zero-order valence-electron chi connectivity index (χ0n) is 32.6. The van der Waals surface area contributed by atoms with Gasteiger partial charge in [0.2, 0.25) is 0 Å². The molecular weight excluding hydrogens is 696 g/mol. The van der Waals surface area contributed by atoms with Gasteiger partial charge in [-0.15, -0.1) is 0 Å². The molecule has 5 rings (SSSR count). The number of aryl methyl sites for hydroxylation is 2. The Labute approximate surface area is 314 Å². The van der Waals surface area contributed by atoms with Crippen LogP contribution < -0.4 is 0 Å². The van der Waals surface area contributed by atoms with Gasteiger partial charge < -0.3 is 20.4 Å². The van der Waals surface area contributed by atoms with Crippen molar-refractivity contribution in [1.29, 1.82) is 0 Å². The molecule has 0 aliphatic heterocycles. The van der Waals surface area contributed by atoms with Gasteiger partial charge in [-0.3, -0.25) is 0 Å². The van der Waals surface area contributed by atoms with Crippen LogP contribution in [0.1, 0.15) is 116 Å². The van der Waals surface area contributed by atoms with Crippen LogP contribution in [0.4, 0.5) is 0 Å². The van der Waals surface area contributed by atoms with Gasteiger partial charge in [0.1, 0.15) is 23.0 Å². The minimum atomic E-state index is -0.219. The fourth-order valence-corrected chi connectivity index (χ4v) is 6.92. The number of hydrogen-bond donors (Lipinski definition) is 4. The quantitative estimate of drug-likeness (QED) is 0.147. The van der Waals surface area contributed by atoms with Crippen molar-refractivity contribution in [2.45, 2.75) is 118 Å². The summed E-state index contributed by atoms with van der Waals surface area (Å²) in [6.07, 6.45) is 1.68. The molecule has 0 saturated carbocycles. The second-order valence-electron chi connectivity index (χ2n) is 17.9. The van der Waals surface area contributed by atoms with Gasteiger partial charge in [-0.1, -0.05) is 135 Å². The second-order valence-corrected chi connectivity index (χ2v) is 18.9. The van der Waals surface area contributed by atoms with E-state index in [1.807, 2.05) is 60.7 Å². The predicted octanol–water partition coefficient (Wildman–Crippen LogP) is 12.8. The lowest BCUT2D eigenvalue weighted by molar-refractivity contribution is 0.423. The van der Waals surface area contributed by atoms with Crippen molar-refractivity contribution in [3.8, 4) is 34.1 Å². The molecule has 272 valence electrons. The van der Waals surface area contributed by atoms with E-state index in [1.165, 1.54) is 0 Å². The monoisotopic (exact) mass is 752 g/mol. The first-order chi connectivity index (χ1) is 23.4. The molecule has 0 spiro atoms. The Hall–Kier alpha value is -3.96. The number of hydrogen-bond acceptors (Lipinski definition) is 4. The number of benzene rings is 5. The minimum absolute atomic E-state index is 0.0583. The average molecular weight is 754 g/mol. The Balaban J connectivity index is 0.000000230. The standard InChI is InChI=1S/C24H27BrO2.C22H30O2/c1-23(2,3)18-12-15(13-19(22(18)27)24(4,5)6)21-17-9-8-16(25)11-14(17)7-10-20(21)26;1-21(2,3)17-11-9-15(13-19(17)23)7-8-16-10-12-18(20(24)14-16)22(4,5)6/h7-13,26-27H,1-6H3;9-14,23-24H,7-8H2,1-6H3. The van der Waals surface area contributed by atoms with Crippen LogP contribution in [0, 0.1) is 0 Å². The Morgan fingerprint density at radius 1 is 0.451 bits per heavy atom. The molecule has 0 aliphatic rings. The maximum Gasteiger partial charge on any atom is 0.124 e. The molecule has 0 radical (unpaired) electrons. The molecule has 0 saturated heterocycles. The van der Waals surface area contributed by atoms with Crippen molar-refractivity contribution in [1.82, 2.24) is 0 Å². The molecule has 0 aromatic heterocycles. The Morgan fingerprint density at radius 3 is 1.27 bits per heavy atom. The molecule has 0 fully saturated rings. The van der Waals surface area contributed by atoms with Crippen LogP contribution in [0.3, 0.4) is 0 Å². The summed E-state index contributed by atoms with van der Waals surface area (Å²) in [5.41, 5.74) is 7.11. The van der Waals surface area contributed by atoms with Crippen molar-refractivity contribution in [2.24, 2.45) is 0 Å². The lowest BCUT2D eigenvalue weighted by Gasteiger charge is -2.28. The summed E-state index contributed by atoms with van der Waals surface area (Å²) >= 11 is 3.52. The van der Waals surface area contributed by atoms with E-state index in [2.05, 4.69) is 111 Å². The largest absolute Gasteiger partial charge is 0.508 e. The lowest BCUT2D eigenvalue weighted by atomic mass is 9.77. The predicted molar refractivity (Wildman–Crippen MR) is 219 cm³/mol. The van der Waals surface area contributed by atoms with Crippen LogP contribution in [0.15, 0.2) is 83.3 Å². The summed E-state index contributed by atoms with van der Waals surface area (Å²) < 4.78 is 1.00. The van der Waals surface area contributed by atoms with E-state index in [0.717, 1.165) is 72.6 Å². The van der Waals surface area contributed by atoms with Crippen LogP contribution in [-0.4, -0.2) is 20.4 Å². The fourth-order valence-electron chi connectivity index (χ4n) is 6.54. The summed E-state index contributed by atoms with van der Waals surface area (Å²) in [5, 5.41) is 44.2. The Morgan fingerprint density at radius 2 is 0.882 bits per heavy atom. The van der Waals surface area contributed by atoms with E-state index in [4.69, 9.17) is 0 Å². The molecule has 51 heavy (non-hydrogen) atoms. The molecule has 0 aliphatic carbocycles. The van der Waals surface area contributed by atoms with Gasteiger partial charge >= 0.3 is 0 Å². The first kappa shape index (κ1) is 39.8. The van der Waals surface area contributed by atoms with Crippen molar-refractivity contribution in [2.75, 3.05) is 0 Å². The molecule has 5 aromatic carbocycles. The van der Waals surface area contributed by atoms with Gasteiger partial charge in [-0.2, -0.15) is 0 Å². The Kier molecular flexibility index (Phi) is 11.4. The number of rotatable bonds is 4. The molecule has 0 bridgehead atoms. The van der Waals surface area contributed by atoms with Crippen LogP contribution in [0.5, 0.6) is 23.0 Å². The van der Waals surface area contributed by atoms with Crippen molar-refractivity contribution in [3.63, 3.8) is 0 Å². The highest BCUT2D eigenvalue weighted by Crippen LogP contribution is 2.45. The van der Waals surface area contributed by atoms with E-state index in [-0.39, 0.29) is 27.4 Å². The zero-order chi connectivity index (χ0) is 38.3. The first-order valence-corrected chi connectivity index (χ1v) is 18.6. The third-order valence-corrected chi connectivity index (χ3v) is 9.91. The third-order valence-electron chi connectivity index (χ3n) is 9.42. The van der Waals surface area contributed by atoms with Gasteiger partial charge in [0.15, 0.2) is 0 Å². The number of phenols is 4. The number of aromatic hydroxyl groups is 4. The fraction of sp³-hybridized carbons (Fsp3) is 0.391. The molecule has 4 N–H and O–H groups in total. The maximum atomic E-state index is 11.0. The first-order valence-electron chi connectivity index (χ1n) is 17.8. The zero-order valence-corrected chi connectivity index (χ0v) is 34.2. The molecule has 5 aromatic rings. The smallest absolute Gasteiger partial charge is 0.124 e. The highest BCUT2D eigenvalue weighted by Gasteiger charge is 2.28. The van der Waals surface area contributed by atoms with E-state index in [9.17, 15) is 20.4 Å². The summed E-state index contributed by atoms with van der Waals surface area (Å²) in [5.74, 6) is 1.33. The Bertz CT molecular complexity index is 1930. The highest BCUT2D eigenvalue weighted by atomic mass is 79.9. The molecule has 0 amide bonds.